The van der Waals surface area contributed by atoms with Crippen LogP contribution in [0.2, 0.25) is 0 Å². The summed E-state index contributed by atoms with van der Waals surface area (Å²) in [6.07, 6.45) is 1.91. The molecule has 0 bridgehead atoms. The summed E-state index contributed by atoms with van der Waals surface area (Å²) >= 11 is 0. The number of carbonyl (C=O) groups excluding carboxylic acids is 1. The Balaban J connectivity index is 1.60. The van der Waals surface area contributed by atoms with E-state index in [9.17, 15) is 13.6 Å². The second-order valence-electron chi connectivity index (χ2n) is 6.78. The molecule has 5 nitrogen and oxygen atoms in total. The zero-order valence-electron chi connectivity index (χ0n) is 15.7. The third kappa shape index (κ3) is 5.42. The van der Waals surface area contributed by atoms with Crippen LogP contribution in [0.15, 0.2) is 48.5 Å². The lowest BCUT2D eigenvalue weighted by molar-refractivity contribution is -0.0512. The Kier molecular flexibility index (Phi) is 6.81. The van der Waals surface area contributed by atoms with Gasteiger partial charge in [-0.15, -0.1) is 0 Å². The van der Waals surface area contributed by atoms with Gasteiger partial charge in [-0.2, -0.15) is 8.78 Å². The van der Waals surface area contributed by atoms with E-state index in [0.717, 1.165) is 32.5 Å². The first-order chi connectivity index (χ1) is 13.5. The van der Waals surface area contributed by atoms with Gasteiger partial charge in [0.1, 0.15) is 0 Å². The van der Waals surface area contributed by atoms with Crippen molar-refractivity contribution in [2.24, 2.45) is 0 Å². The van der Waals surface area contributed by atoms with Crippen molar-refractivity contribution in [3.8, 4) is 11.5 Å². The number of halogens is 2. The molecule has 1 unspecified atom stereocenters. The summed E-state index contributed by atoms with van der Waals surface area (Å²) in [6.45, 7) is -0.341. The zero-order valence-corrected chi connectivity index (χ0v) is 15.7. The zero-order chi connectivity index (χ0) is 19.9. The van der Waals surface area contributed by atoms with Crippen LogP contribution >= 0.6 is 0 Å². The van der Waals surface area contributed by atoms with E-state index < -0.39 is 6.61 Å². The number of piperidine rings is 1. The Morgan fingerprint density at radius 1 is 1.21 bits per heavy atom. The molecular weight excluding hydrogens is 366 g/mol. The average Bonchev–Trinajstić information content (AvgIpc) is 2.69. The van der Waals surface area contributed by atoms with Crippen molar-refractivity contribution < 1.29 is 23.0 Å². The molecule has 3 rings (SSSR count). The summed E-state index contributed by atoms with van der Waals surface area (Å²) in [4.78, 5) is 14.9. The molecular formula is C21H24F2N2O3. The molecule has 1 atom stereocenters. The molecule has 1 aliphatic rings. The maximum atomic E-state index is 12.6. The summed E-state index contributed by atoms with van der Waals surface area (Å²) < 4.78 is 34.3. The second-order valence-corrected chi connectivity index (χ2v) is 6.78. The molecule has 28 heavy (non-hydrogen) atoms. The molecule has 2 aromatic carbocycles. The van der Waals surface area contributed by atoms with E-state index in [0.29, 0.717) is 5.56 Å². The number of alkyl halides is 2. The predicted molar refractivity (Wildman–Crippen MR) is 102 cm³/mol. The lowest BCUT2D eigenvalue weighted by Crippen LogP contribution is -2.47. The number of hydrogen-bond donors (Lipinski definition) is 1. The maximum Gasteiger partial charge on any atom is 0.387 e. The Labute approximate surface area is 163 Å². The molecule has 150 valence electrons. The number of likely N-dealkylation sites (tertiary alicyclic amines) is 1. The number of rotatable bonds is 7. The van der Waals surface area contributed by atoms with Crippen LogP contribution in [-0.4, -0.2) is 43.7 Å². The predicted octanol–water partition coefficient (Wildman–Crippen LogP) is 3.69. The molecule has 0 aromatic heterocycles. The third-order valence-electron chi connectivity index (χ3n) is 4.73. The lowest BCUT2D eigenvalue weighted by Gasteiger charge is -2.33. The first-order valence-electron chi connectivity index (χ1n) is 9.25. The van der Waals surface area contributed by atoms with Crippen LogP contribution < -0.4 is 14.8 Å². The quantitative estimate of drug-likeness (QED) is 0.784. The summed E-state index contributed by atoms with van der Waals surface area (Å²) in [7, 11) is 1.35. The van der Waals surface area contributed by atoms with E-state index in [1.165, 1.54) is 30.9 Å². The van der Waals surface area contributed by atoms with Crippen LogP contribution in [-0.2, 0) is 6.54 Å². The van der Waals surface area contributed by atoms with Crippen LogP contribution in [0.25, 0.3) is 0 Å². The average molecular weight is 390 g/mol. The smallest absolute Gasteiger partial charge is 0.387 e. The highest BCUT2D eigenvalue weighted by molar-refractivity contribution is 5.95. The summed E-state index contributed by atoms with van der Waals surface area (Å²) in [5.74, 6) is -0.253. The van der Waals surface area contributed by atoms with Crippen molar-refractivity contribution >= 4 is 5.91 Å². The molecule has 1 heterocycles. The van der Waals surface area contributed by atoms with E-state index in [1.807, 2.05) is 18.2 Å². The van der Waals surface area contributed by atoms with Crippen LogP contribution in [0, 0.1) is 0 Å². The van der Waals surface area contributed by atoms with Gasteiger partial charge in [0.05, 0.1) is 7.11 Å². The van der Waals surface area contributed by atoms with Crippen molar-refractivity contribution in [3.05, 3.63) is 59.7 Å². The standard InChI is InChI=1S/C21H24F2N2O3/c1-27-19-12-16(9-10-18(19)28-21(22)23)20(26)24-17-8-5-11-25(14-17)13-15-6-3-2-4-7-15/h2-4,6-7,9-10,12,17,21H,5,8,11,13-14H2,1H3,(H,24,26). The lowest BCUT2D eigenvalue weighted by atomic mass is 10.0. The Morgan fingerprint density at radius 3 is 2.71 bits per heavy atom. The van der Waals surface area contributed by atoms with Crippen LogP contribution in [0.5, 0.6) is 11.5 Å². The molecule has 1 saturated heterocycles. The fraction of sp³-hybridized carbons (Fsp3) is 0.381. The van der Waals surface area contributed by atoms with Crippen LogP contribution in [0.1, 0.15) is 28.8 Å². The number of nitrogens with zero attached hydrogens (tertiary/aromatic N) is 1. The largest absolute Gasteiger partial charge is 0.493 e. The van der Waals surface area contributed by atoms with Gasteiger partial charge in [-0.05, 0) is 43.1 Å². The van der Waals surface area contributed by atoms with Gasteiger partial charge in [0.2, 0.25) is 0 Å². The van der Waals surface area contributed by atoms with Crippen molar-refractivity contribution in [2.75, 3.05) is 20.2 Å². The van der Waals surface area contributed by atoms with Gasteiger partial charge >= 0.3 is 6.61 Å². The number of ether oxygens (including phenoxy) is 2. The van der Waals surface area contributed by atoms with Gasteiger partial charge in [0.15, 0.2) is 11.5 Å². The maximum absolute atomic E-state index is 12.6. The normalized spacial score (nSPS) is 17.4. The molecule has 7 heteroatoms. The second kappa shape index (κ2) is 9.50. The topological polar surface area (TPSA) is 50.8 Å². The Hall–Kier alpha value is -2.67. The number of methoxy groups -OCH3 is 1. The number of benzene rings is 2. The van der Waals surface area contributed by atoms with E-state index in [4.69, 9.17) is 4.74 Å². The van der Waals surface area contributed by atoms with Gasteiger partial charge in [0, 0.05) is 24.7 Å². The minimum absolute atomic E-state index is 0.0351. The van der Waals surface area contributed by atoms with Crippen LogP contribution in [0.3, 0.4) is 0 Å². The van der Waals surface area contributed by atoms with Gasteiger partial charge < -0.3 is 14.8 Å². The summed E-state index contributed by atoms with van der Waals surface area (Å²) in [6, 6.07) is 14.5. The van der Waals surface area contributed by atoms with Crippen molar-refractivity contribution in [2.45, 2.75) is 32.0 Å². The van der Waals surface area contributed by atoms with Gasteiger partial charge in [-0.25, -0.2) is 0 Å². The SMILES string of the molecule is COc1cc(C(=O)NC2CCCN(Cc3ccccc3)C2)ccc1OC(F)F. The van der Waals surface area contributed by atoms with Crippen LogP contribution in [0.4, 0.5) is 8.78 Å². The first kappa shape index (κ1) is 20.1. The van der Waals surface area contributed by atoms with E-state index in [2.05, 4.69) is 27.1 Å². The fourth-order valence-corrected chi connectivity index (χ4v) is 3.43. The third-order valence-corrected chi connectivity index (χ3v) is 4.73. The highest BCUT2D eigenvalue weighted by Gasteiger charge is 2.22. The van der Waals surface area contributed by atoms with E-state index in [-0.39, 0.29) is 23.4 Å². The number of amides is 1. The summed E-state index contributed by atoms with van der Waals surface area (Å²) in [5, 5.41) is 3.04. The molecule has 1 N–H and O–H groups in total. The summed E-state index contributed by atoms with van der Waals surface area (Å²) in [5.41, 5.74) is 1.59. The molecule has 1 fully saturated rings. The van der Waals surface area contributed by atoms with Gasteiger partial charge in [-0.1, -0.05) is 30.3 Å². The number of hydrogen-bond acceptors (Lipinski definition) is 4. The van der Waals surface area contributed by atoms with Gasteiger partial charge in [0.25, 0.3) is 5.91 Å². The Bertz CT molecular complexity index is 786. The molecule has 0 spiro atoms. The Morgan fingerprint density at radius 2 is 2.00 bits per heavy atom. The number of carbonyl (C=O) groups is 1. The molecule has 2 aromatic rings. The number of nitrogens with one attached hydrogen (secondary N) is 1. The van der Waals surface area contributed by atoms with Crippen molar-refractivity contribution in [3.63, 3.8) is 0 Å². The fourth-order valence-electron chi connectivity index (χ4n) is 3.43. The van der Waals surface area contributed by atoms with Gasteiger partial charge in [-0.3, -0.25) is 9.69 Å². The van der Waals surface area contributed by atoms with Crippen molar-refractivity contribution in [1.82, 2.24) is 10.2 Å². The minimum atomic E-state index is -2.95. The molecule has 0 radical (unpaired) electrons. The van der Waals surface area contributed by atoms with Crippen molar-refractivity contribution in [1.29, 1.82) is 0 Å². The minimum Gasteiger partial charge on any atom is -0.493 e. The highest BCUT2D eigenvalue weighted by Crippen LogP contribution is 2.29. The highest BCUT2D eigenvalue weighted by atomic mass is 19.3. The van der Waals surface area contributed by atoms with E-state index in [1.54, 1.807) is 0 Å². The monoisotopic (exact) mass is 390 g/mol. The first-order valence-corrected chi connectivity index (χ1v) is 9.25. The molecule has 1 amide bonds. The molecule has 0 aliphatic carbocycles. The molecule has 0 saturated carbocycles. The van der Waals surface area contributed by atoms with E-state index >= 15 is 0 Å². The molecule has 1 aliphatic heterocycles.